The molecule has 30 heavy (non-hydrogen) atoms. The molecule has 3 rings (SSSR count). The van der Waals surface area contributed by atoms with Gasteiger partial charge in [-0.15, -0.1) is 0 Å². The molecule has 0 radical (unpaired) electrons. The second-order valence-electron chi connectivity index (χ2n) is 7.89. The Hall–Kier alpha value is -2.28. The van der Waals surface area contributed by atoms with Crippen LogP contribution in [0.2, 0.25) is 0 Å². The molecule has 1 aromatic heterocycles. The minimum atomic E-state index is -0.729. The highest BCUT2D eigenvalue weighted by Crippen LogP contribution is 2.34. The van der Waals surface area contributed by atoms with E-state index in [0.717, 1.165) is 42.1 Å². The van der Waals surface area contributed by atoms with Crippen molar-refractivity contribution in [2.24, 2.45) is 5.92 Å². The summed E-state index contributed by atoms with van der Waals surface area (Å²) < 4.78 is 5.43. The third-order valence-corrected chi connectivity index (χ3v) is 6.62. The minimum absolute atomic E-state index is 0.0813. The first kappa shape index (κ1) is 22.4. The lowest BCUT2D eigenvalue weighted by atomic mass is 10.0. The van der Waals surface area contributed by atoms with Gasteiger partial charge in [0.25, 0.3) is 0 Å². The highest BCUT2D eigenvalue weighted by molar-refractivity contribution is 8.14. The number of fused-ring (bicyclic) bond motifs is 1. The maximum atomic E-state index is 12.9. The number of esters is 1. The van der Waals surface area contributed by atoms with E-state index in [4.69, 9.17) is 4.74 Å². The molecule has 1 aliphatic carbocycles. The lowest BCUT2D eigenvalue weighted by Crippen LogP contribution is -2.45. The van der Waals surface area contributed by atoms with Crippen molar-refractivity contribution in [3.8, 4) is 0 Å². The zero-order chi connectivity index (χ0) is 21.5. The van der Waals surface area contributed by atoms with Gasteiger partial charge < -0.3 is 15.0 Å². The first-order chi connectivity index (χ1) is 14.5. The number of benzene rings is 1. The molecule has 1 aliphatic rings. The molecular formula is C23H30N2O4S. The second-order valence-corrected chi connectivity index (χ2v) is 9.36. The molecule has 1 aromatic carbocycles. The Morgan fingerprint density at radius 3 is 2.83 bits per heavy atom. The van der Waals surface area contributed by atoms with Crippen molar-refractivity contribution < 1.29 is 19.1 Å². The summed E-state index contributed by atoms with van der Waals surface area (Å²) in [6, 6.07) is 7.17. The minimum Gasteiger partial charge on any atom is -0.464 e. The zero-order valence-electron chi connectivity index (χ0n) is 17.6. The van der Waals surface area contributed by atoms with Crippen LogP contribution in [0.3, 0.4) is 0 Å². The summed E-state index contributed by atoms with van der Waals surface area (Å²) in [6.07, 6.45) is 6.24. The van der Waals surface area contributed by atoms with E-state index in [1.807, 2.05) is 37.4 Å². The highest BCUT2D eigenvalue weighted by Gasteiger charge is 2.33. The summed E-state index contributed by atoms with van der Waals surface area (Å²) in [4.78, 5) is 40.2. The number of rotatable bonds is 9. The molecule has 7 heteroatoms. The van der Waals surface area contributed by atoms with Crippen LogP contribution in [0.4, 0.5) is 0 Å². The summed E-state index contributed by atoms with van der Waals surface area (Å²) in [5, 5.41) is 4.24. The van der Waals surface area contributed by atoms with E-state index in [0.29, 0.717) is 19.4 Å². The van der Waals surface area contributed by atoms with Gasteiger partial charge in [-0.05, 0) is 37.3 Å². The lowest BCUT2D eigenvalue weighted by molar-refractivity contribution is -0.148. The molecule has 0 saturated heterocycles. The standard InChI is InChI=1S/C23H30N2O4S/c1-3-4-11-29-23(28)21(13-17-14-24-20-8-6-5-7-19(17)20)25-22(27)16-9-10-18(12-16)30-15(2)26/h5-8,14,16,18,21,24H,3-4,9-13H2,1-2H3,(H,25,27)/t16?,18?,21-/m0/s1. The molecule has 6 nitrogen and oxygen atoms in total. The van der Waals surface area contributed by atoms with Gasteiger partial charge in [0, 0.05) is 41.6 Å². The fraction of sp³-hybridized carbons (Fsp3) is 0.522. The van der Waals surface area contributed by atoms with Gasteiger partial charge in [0.2, 0.25) is 5.91 Å². The summed E-state index contributed by atoms with van der Waals surface area (Å²) in [5.74, 6) is -0.690. The molecule has 2 N–H and O–H groups in total. The highest BCUT2D eigenvalue weighted by atomic mass is 32.2. The largest absolute Gasteiger partial charge is 0.464 e. The molecule has 3 atom stereocenters. The van der Waals surface area contributed by atoms with Crippen LogP contribution in [0.25, 0.3) is 10.9 Å². The Labute approximate surface area is 181 Å². The summed E-state index contributed by atoms with van der Waals surface area (Å²) in [7, 11) is 0. The summed E-state index contributed by atoms with van der Waals surface area (Å²) >= 11 is 1.31. The van der Waals surface area contributed by atoms with Crippen LogP contribution >= 0.6 is 11.8 Å². The van der Waals surface area contributed by atoms with Crippen molar-refractivity contribution >= 4 is 39.7 Å². The Bertz CT molecular complexity index is 894. The molecule has 2 unspecified atom stereocenters. The number of carbonyl (C=O) groups is 3. The average Bonchev–Trinajstić information content (AvgIpc) is 3.34. The first-order valence-corrected chi connectivity index (χ1v) is 11.5. The molecule has 0 aliphatic heterocycles. The smallest absolute Gasteiger partial charge is 0.328 e. The molecule has 162 valence electrons. The van der Waals surface area contributed by atoms with Crippen molar-refractivity contribution in [3.05, 3.63) is 36.0 Å². The summed E-state index contributed by atoms with van der Waals surface area (Å²) in [5.41, 5.74) is 1.97. The Morgan fingerprint density at radius 1 is 1.27 bits per heavy atom. The van der Waals surface area contributed by atoms with Gasteiger partial charge in [-0.3, -0.25) is 9.59 Å². The van der Waals surface area contributed by atoms with E-state index >= 15 is 0 Å². The van der Waals surface area contributed by atoms with Crippen LogP contribution in [-0.4, -0.2) is 39.9 Å². The molecule has 1 saturated carbocycles. The normalized spacial score (nSPS) is 19.5. The number of ether oxygens (including phenoxy) is 1. The van der Waals surface area contributed by atoms with E-state index in [-0.39, 0.29) is 22.2 Å². The number of hydrogen-bond donors (Lipinski definition) is 2. The van der Waals surface area contributed by atoms with Gasteiger partial charge in [0.05, 0.1) is 6.61 Å². The topological polar surface area (TPSA) is 88.3 Å². The predicted octanol–water partition coefficient (Wildman–Crippen LogP) is 3.99. The number of hydrogen-bond acceptors (Lipinski definition) is 5. The van der Waals surface area contributed by atoms with Gasteiger partial charge in [-0.25, -0.2) is 4.79 Å². The van der Waals surface area contributed by atoms with Crippen LogP contribution in [0.5, 0.6) is 0 Å². The van der Waals surface area contributed by atoms with Crippen molar-refractivity contribution in [2.75, 3.05) is 6.61 Å². The van der Waals surface area contributed by atoms with Crippen LogP contribution in [0, 0.1) is 5.92 Å². The third-order valence-electron chi connectivity index (χ3n) is 5.53. The molecule has 1 amide bonds. The molecule has 1 fully saturated rings. The van der Waals surface area contributed by atoms with Crippen molar-refractivity contribution in [1.82, 2.24) is 10.3 Å². The van der Waals surface area contributed by atoms with Gasteiger partial charge >= 0.3 is 5.97 Å². The van der Waals surface area contributed by atoms with E-state index in [2.05, 4.69) is 10.3 Å². The quantitative estimate of drug-likeness (QED) is 0.464. The maximum Gasteiger partial charge on any atom is 0.328 e. The number of aromatic amines is 1. The Morgan fingerprint density at radius 2 is 2.07 bits per heavy atom. The van der Waals surface area contributed by atoms with Gasteiger partial charge in [0.1, 0.15) is 6.04 Å². The van der Waals surface area contributed by atoms with E-state index in [1.165, 1.54) is 11.8 Å². The van der Waals surface area contributed by atoms with Crippen LogP contribution < -0.4 is 5.32 Å². The monoisotopic (exact) mass is 430 g/mol. The molecular weight excluding hydrogens is 400 g/mol. The summed E-state index contributed by atoms with van der Waals surface area (Å²) in [6.45, 7) is 3.95. The molecule has 1 heterocycles. The van der Waals surface area contributed by atoms with Crippen molar-refractivity contribution in [2.45, 2.75) is 63.7 Å². The number of thioether (sulfide) groups is 1. The molecule has 0 spiro atoms. The number of aromatic nitrogens is 1. The van der Waals surface area contributed by atoms with E-state index < -0.39 is 12.0 Å². The van der Waals surface area contributed by atoms with E-state index in [9.17, 15) is 14.4 Å². The number of H-pyrrole nitrogens is 1. The molecule has 2 aromatic rings. The predicted molar refractivity (Wildman–Crippen MR) is 119 cm³/mol. The Kier molecular flexibility index (Phi) is 7.96. The first-order valence-electron chi connectivity index (χ1n) is 10.7. The fourth-order valence-electron chi connectivity index (χ4n) is 3.94. The second kappa shape index (κ2) is 10.7. The lowest BCUT2D eigenvalue weighted by Gasteiger charge is -2.20. The van der Waals surface area contributed by atoms with Crippen LogP contribution in [0.15, 0.2) is 30.5 Å². The number of amides is 1. The van der Waals surface area contributed by atoms with Crippen molar-refractivity contribution in [1.29, 1.82) is 0 Å². The van der Waals surface area contributed by atoms with Gasteiger partial charge in [-0.1, -0.05) is 43.3 Å². The van der Waals surface area contributed by atoms with E-state index in [1.54, 1.807) is 6.92 Å². The van der Waals surface area contributed by atoms with Crippen LogP contribution in [0.1, 0.15) is 51.5 Å². The third kappa shape index (κ3) is 5.88. The molecule has 0 bridgehead atoms. The van der Waals surface area contributed by atoms with Gasteiger partial charge in [-0.2, -0.15) is 0 Å². The SMILES string of the molecule is CCCCOC(=O)[C@H](Cc1c[nH]c2ccccc12)NC(=O)C1CCC(SC(C)=O)C1. The Balaban J connectivity index is 1.68. The fourth-order valence-corrected chi connectivity index (χ4v) is 4.99. The maximum absolute atomic E-state index is 12.9. The average molecular weight is 431 g/mol. The number of nitrogens with one attached hydrogen (secondary N) is 2. The van der Waals surface area contributed by atoms with Gasteiger partial charge in [0.15, 0.2) is 5.12 Å². The number of para-hydroxylation sites is 1. The van der Waals surface area contributed by atoms with Crippen molar-refractivity contribution in [3.63, 3.8) is 0 Å². The zero-order valence-corrected chi connectivity index (χ0v) is 18.4. The number of carbonyl (C=O) groups excluding carboxylic acids is 3. The van der Waals surface area contributed by atoms with Crippen LogP contribution in [-0.2, 0) is 25.5 Å². The number of unbranched alkanes of at least 4 members (excludes halogenated alkanes) is 1.